The molecule has 0 amide bonds. The highest BCUT2D eigenvalue weighted by Crippen LogP contribution is 2.35. The van der Waals surface area contributed by atoms with Gasteiger partial charge in [-0.2, -0.15) is 0 Å². The Morgan fingerprint density at radius 1 is 0.545 bits per heavy atom. The minimum atomic E-state index is 0.151. The van der Waals surface area contributed by atoms with Crippen molar-refractivity contribution in [2.24, 2.45) is 0 Å². The molecule has 3 aromatic carbocycles. The number of hydrogen-bond acceptors (Lipinski definition) is 2. The Balaban J connectivity index is 1.97. The van der Waals surface area contributed by atoms with Crippen molar-refractivity contribution in [3.05, 3.63) is 83.9 Å². The average molecular weight is 288 g/mol. The predicted molar refractivity (Wildman–Crippen MR) is 90.6 cm³/mol. The zero-order valence-electron chi connectivity index (χ0n) is 12.0. The summed E-state index contributed by atoms with van der Waals surface area (Å²) in [6.07, 6.45) is 4.00. The van der Waals surface area contributed by atoms with Crippen molar-refractivity contribution in [3.8, 4) is 22.6 Å². The van der Waals surface area contributed by atoms with Crippen LogP contribution in [0.15, 0.2) is 72.8 Å². The fraction of sp³-hybridized carbons (Fsp3) is 0. The molecule has 0 radical (unpaired) electrons. The lowest BCUT2D eigenvalue weighted by molar-refractivity contribution is 0.469. The van der Waals surface area contributed by atoms with Gasteiger partial charge in [0.15, 0.2) is 0 Å². The van der Waals surface area contributed by atoms with E-state index >= 15 is 0 Å². The van der Waals surface area contributed by atoms with Gasteiger partial charge in [0, 0.05) is 11.1 Å². The molecule has 0 bridgehead atoms. The molecule has 0 aliphatic heterocycles. The molecule has 0 aromatic heterocycles. The third-order valence-electron chi connectivity index (χ3n) is 3.48. The van der Waals surface area contributed by atoms with Crippen LogP contribution < -0.4 is 0 Å². The van der Waals surface area contributed by atoms with Gasteiger partial charge in [-0.05, 0) is 29.3 Å². The SMILES string of the molecule is Oc1ccccc1-c1cc(/C=C/c2ccccc2)ccc1O. The van der Waals surface area contributed by atoms with Crippen molar-refractivity contribution < 1.29 is 10.2 Å². The van der Waals surface area contributed by atoms with Crippen molar-refractivity contribution in [2.45, 2.75) is 0 Å². The molecule has 108 valence electrons. The Kier molecular flexibility index (Phi) is 3.92. The van der Waals surface area contributed by atoms with Crippen molar-refractivity contribution in [3.63, 3.8) is 0 Å². The Morgan fingerprint density at radius 2 is 1.18 bits per heavy atom. The number of hydrogen-bond donors (Lipinski definition) is 2. The van der Waals surface area contributed by atoms with E-state index in [9.17, 15) is 10.2 Å². The smallest absolute Gasteiger partial charge is 0.123 e. The Hall–Kier alpha value is -3.00. The first-order valence-electron chi connectivity index (χ1n) is 7.08. The molecular formula is C20H16O2. The van der Waals surface area contributed by atoms with Crippen LogP contribution in [-0.2, 0) is 0 Å². The molecule has 2 heteroatoms. The minimum absolute atomic E-state index is 0.151. The molecule has 0 saturated carbocycles. The van der Waals surface area contributed by atoms with Gasteiger partial charge >= 0.3 is 0 Å². The summed E-state index contributed by atoms with van der Waals surface area (Å²) >= 11 is 0. The van der Waals surface area contributed by atoms with E-state index in [0.29, 0.717) is 11.1 Å². The van der Waals surface area contributed by atoms with E-state index in [2.05, 4.69) is 0 Å². The van der Waals surface area contributed by atoms with Crippen LogP contribution in [0.25, 0.3) is 23.3 Å². The molecule has 22 heavy (non-hydrogen) atoms. The summed E-state index contributed by atoms with van der Waals surface area (Å²) in [7, 11) is 0. The number of benzene rings is 3. The van der Waals surface area contributed by atoms with E-state index in [4.69, 9.17) is 0 Å². The van der Waals surface area contributed by atoms with Gasteiger partial charge in [0.25, 0.3) is 0 Å². The van der Waals surface area contributed by atoms with Crippen molar-refractivity contribution in [1.29, 1.82) is 0 Å². The summed E-state index contributed by atoms with van der Waals surface area (Å²) in [5.41, 5.74) is 3.31. The fourth-order valence-electron chi connectivity index (χ4n) is 2.33. The van der Waals surface area contributed by atoms with Gasteiger partial charge in [0.2, 0.25) is 0 Å². The first kappa shape index (κ1) is 14.0. The molecule has 0 spiro atoms. The number of rotatable bonds is 3. The van der Waals surface area contributed by atoms with Gasteiger partial charge in [-0.25, -0.2) is 0 Å². The van der Waals surface area contributed by atoms with Crippen molar-refractivity contribution in [1.82, 2.24) is 0 Å². The minimum Gasteiger partial charge on any atom is -0.507 e. The molecule has 0 heterocycles. The van der Waals surface area contributed by atoms with Crippen LogP contribution in [0.1, 0.15) is 11.1 Å². The lowest BCUT2D eigenvalue weighted by atomic mass is 10.0. The summed E-state index contributed by atoms with van der Waals surface area (Å²) in [6.45, 7) is 0. The Bertz CT molecular complexity index is 805. The van der Waals surface area contributed by atoms with Crippen molar-refractivity contribution >= 4 is 12.2 Å². The maximum absolute atomic E-state index is 10.1. The summed E-state index contributed by atoms with van der Waals surface area (Å²) < 4.78 is 0. The molecule has 0 unspecified atom stereocenters. The number of para-hydroxylation sites is 1. The Labute approximate surface area is 129 Å². The molecule has 2 N–H and O–H groups in total. The van der Waals surface area contributed by atoms with E-state index in [-0.39, 0.29) is 11.5 Å². The molecule has 0 aliphatic rings. The second-order valence-electron chi connectivity index (χ2n) is 5.04. The van der Waals surface area contributed by atoms with Crippen molar-refractivity contribution in [2.75, 3.05) is 0 Å². The quantitative estimate of drug-likeness (QED) is 0.670. The normalized spacial score (nSPS) is 10.9. The molecular weight excluding hydrogens is 272 g/mol. The fourth-order valence-corrected chi connectivity index (χ4v) is 2.33. The van der Waals surface area contributed by atoms with Gasteiger partial charge in [-0.3, -0.25) is 0 Å². The maximum Gasteiger partial charge on any atom is 0.123 e. The van der Waals surface area contributed by atoms with Crippen LogP contribution in [0.5, 0.6) is 11.5 Å². The molecule has 3 aromatic rings. The van der Waals surface area contributed by atoms with Crippen LogP contribution in [-0.4, -0.2) is 10.2 Å². The third kappa shape index (κ3) is 3.01. The molecule has 0 aliphatic carbocycles. The zero-order valence-corrected chi connectivity index (χ0v) is 12.0. The Morgan fingerprint density at radius 3 is 1.95 bits per heavy atom. The van der Waals surface area contributed by atoms with Crippen LogP contribution in [0.2, 0.25) is 0 Å². The second-order valence-corrected chi connectivity index (χ2v) is 5.04. The van der Waals surface area contributed by atoms with E-state index in [0.717, 1.165) is 11.1 Å². The molecule has 0 saturated heterocycles. The van der Waals surface area contributed by atoms with E-state index < -0.39 is 0 Å². The molecule has 0 atom stereocenters. The highest BCUT2D eigenvalue weighted by Gasteiger charge is 2.08. The number of aromatic hydroxyl groups is 2. The van der Waals surface area contributed by atoms with E-state index in [1.165, 1.54) is 0 Å². The summed E-state index contributed by atoms with van der Waals surface area (Å²) in [5, 5.41) is 20.0. The van der Waals surface area contributed by atoms with Crippen LogP contribution in [0, 0.1) is 0 Å². The lowest BCUT2D eigenvalue weighted by Gasteiger charge is -2.08. The zero-order chi connectivity index (χ0) is 15.4. The number of phenolic OH excluding ortho intramolecular Hbond substituents is 2. The van der Waals surface area contributed by atoms with Gasteiger partial charge in [-0.15, -0.1) is 0 Å². The lowest BCUT2D eigenvalue weighted by Crippen LogP contribution is -1.82. The third-order valence-corrected chi connectivity index (χ3v) is 3.48. The molecule has 0 fully saturated rings. The van der Waals surface area contributed by atoms with Gasteiger partial charge in [-0.1, -0.05) is 66.7 Å². The predicted octanol–water partition coefficient (Wildman–Crippen LogP) is 4.94. The van der Waals surface area contributed by atoms with E-state index in [1.54, 1.807) is 24.3 Å². The van der Waals surface area contributed by atoms with Gasteiger partial charge in [0.1, 0.15) is 11.5 Å². The molecule has 2 nitrogen and oxygen atoms in total. The second kappa shape index (κ2) is 6.19. The standard InChI is InChI=1S/C20H16O2/c21-19-9-5-4-8-17(19)18-14-16(12-13-20(18)22)11-10-15-6-2-1-3-7-15/h1-14,21-22H/b11-10+. The largest absolute Gasteiger partial charge is 0.507 e. The summed E-state index contributed by atoms with van der Waals surface area (Å²) in [5.74, 6) is 0.306. The summed E-state index contributed by atoms with van der Waals surface area (Å²) in [4.78, 5) is 0. The molecule has 3 rings (SSSR count). The van der Waals surface area contributed by atoms with Crippen LogP contribution in [0.4, 0.5) is 0 Å². The summed E-state index contributed by atoms with van der Waals surface area (Å²) in [6, 6.07) is 22.4. The topological polar surface area (TPSA) is 40.5 Å². The first-order chi connectivity index (χ1) is 10.7. The average Bonchev–Trinajstić information content (AvgIpc) is 2.56. The van der Waals surface area contributed by atoms with Gasteiger partial charge in [0.05, 0.1) is 0 Å². The highest BCUT2D eigenvalue weighted by molar-refractivity contribution is 5.79. The highest BCUT2D eigenvalue weighted by atomic mass is 16.3. The van der Waals surface area contributed by atoms with Gasteiger partial charge < -0.3 is 10.2 Å². The van der Waals surface area contributed by atoms with Crippen LogP contribution >= 0.6 is 0 Å². The first-order valence-corrected chi connectivity index (χ1v) is 7.08. The number of phenols is 2. The maximum atomic E-state index is 10.1. The van der Waals surface area contributed by atoms with E-state index in [1.807, 2.05) is 60.7 Å². The van der Waals surface area contributed by atoms with Crippen LogP contribution in [0.3, 0.4) is 0 Å². The monoisotopic (exact) mass is 288 g/mol.